The van der Waals surface area contributed by atoms with E-state index in [1.54, 1.807) is 0 Å². The lowest BCUT2D eigenvalue weighted by molar-refractivity contribution is 0.140. The first-order valence-electron chi connectivity index (χ1n) is 4.35. The Balaban J connectivity index is 2.38. The predicted molar refractivity (Wildman–Crippen MR) is 51.5 cm³/mol. The van der Waals surface area contributed by atoms with E-state index in [9.17, 15) is 4.79 Å². The van der Waals surface area contributed by atoms with E-state index in [1.807, 2.05) is 6.08 Å². The molecule has 0 bridgehead atoms. The highest BCUT2D eigenvalue weighted by Crippen LogP contribution is 2.14. The smallest absolute Gasteiger partial charge is 0.364 e. The van der Waals surface area contributed by atoms with Gasteiger partial charge in [0.05, 0.1) is 0 Å². The van der Waals surface area contributed by atoms with Crippen molar-refractivity contribution in [3.05, 3.63) is 12.2 Å². The summed E-state index contributed by atoms with van der Waals surface area (Å²) in [6.07, 6.45) is 9.64. The number of thiol groups is 1. The number of ether oxygens (including phenoxy) is 1. The maximum atomic E-state index is 10.5. The van der Waals surface area contributed by atoms with Crippen LogP contribution in [0.15, 0.2) is 12.2 Å². The Morgan fingerprint density at radius 3 is 3.00 bits per heavy atom. The molecule has 0 heterocycles. The standard InChI is InChI=1S/C9H14O2S/c10-9(12)11-8-6-4-2-1-3-5-7-8/h4,6,8H,1-3,5,7H2,(H,10,12)/b6-4+. The van der Waals surface area contributed by atoms with Gasteiger partial charge in [0, 0.05) is 0 Å². The molecule has 0 aromatic rings. The minimum Gasteiger partial charge on any atom is -0.450 e. The number of hydrogen-bond donors (Lipinski definition) is 1. The van der Waals surface area contributed by atoms with Crippen LogP contribution in [-0.2, 0) is 4.74 Å². The Kier molecular flexibility index (Phi) is 4.22. The Morgan fingerprint density at radius 2 is 2.25 bits per heavy atom. The third-order valence-electron chi connectivity index (χ3n) is 1.96. The molecule has 0 amide bonds. The molecule has 12 heavy (non-hydrogen) atoms. The van der Waals surface area contributed by atoms with Gasteiger partial charge in [-0.15, -0.1) is 0 Å². The van der Waals surface area contributed by atoms with Gasteiger partial charge in [-0.1, -0.05) is 25.1 Å². The van der Waals surface area contributed by atoms with Crippen LogP contribution in [0.3, 0.4) is 0 Å². The zero-order valence-corrected chi connectivity index (χ0v) is 7.93. The largest absolute Gasteiger partial charge is 0.450 e. The first kappa shape index (κ1) is 9.65. The second kappa shape index (κ2) is 5.25. The summed E-state index contributed by atoms with van der Waals surface area (Å²) in [6, 6.07) is 0. The highest BCUT2D eigenvalue weighted by atomic mass is 32.1. The molecule has 0 aromatic carbocycles. The minimum absolute atomic E-state index is 0.0460. The van der Waals surface area contributed by atoms with Crippen LogP contribution in [0.25, 0.3) is 0 Å². The Labute approximate surface area is 78.4 Å². The zero-order valence-electron chi connectivity index (χ0n) is 7.03. The maximum absolute atomic E-state index is 10.5. The molecule has 0 aromatic heterocycles. The predicted octanol–water partition coefficient (Wildman–Crippen LogP) is 2.94. The van der Waals surface area contributed by atoms with Gasteiger partial charge in [0.15, 0.2) is 0 Å². The molecule has 0 radical (unpaired) electrons. The second-order valence-electron chi connectivity index (χ2n) is 2.99. The van der Waals surface area contributed by atoms with Gasteiger partial charge in [0.2, 0.25) is 0 Å². The number of carbonyl (C=O) groups excluding carboxylic acids is 1. The van der Waals surface area contributed by atoms with E-state index in [1.165, 1.54) is 12.8 Å². The lowest BCUT2D eigenvalue weighted by Gasteiger charge is -2.14. The summed E-state index contributed by atoms with van der Waals surface area (Å²) in [4.78, 5) is 10.5. The maximum Gasteiger partial charge on any atom is 0.364 e. The van der Waals surface area contributed by atoms with Gasteiger partial charge in [0.25, 0.3) is 0 Å². The molecule has 2 nitrogen and oxygen atoms in total. The molecule has 68 valence electrons. The summed E-state index contributed by atoms with van der Waals surface area (Å²) in [5, 5.41) is -0.481. The van der Waals surface area contributed by atoms with Crippen molar-refractivity contribution in [3.63, 3.8) is 0 Å². The van der Waals surface area contributed by atoms with E-state index in [0.717, 1.165) is 19.3 Å². The average molecular weight is 186 g/mol. The van der Waals surface area contributed by atoms with Crippen LogP contribution in [0.2, 0.25) is 0 Å². The lowest BCUT2D eigenvalue weighted by atomic mass is 10.0. The van der Waals surface area contributed by atoms with Crippen molar-refractivity contribution in [1.82, 2.24) is 0 Å². The molecule has 0 aliphatic heterocycles. The van der Waals surface area contributed by atoms with E-state index in [0.29, 0.717) is 0 Å². The number of carbonyl (C=O) groups is 1. The van der Waals surface area contributed by atoms with Crippen LogP contribution in [-0.4, -0.2) is 11.4 Å². The fourth-order valence-electron chi connectivity index (χ4n) is 1.36. The number of hydrogen-bond acceptors (Lipinski definition) is 2. The van der Waals surface area contributed by atoms with Gasteiger partial charge >= 0.3 is 5.30 Å². The second-order valence-corrected chi connectivity index (χ2v) is 3.35. The Morgan fingerprint density at radius 1 is 1.42 bits per heavy atom. The molecule has 1 rings (SSSR count). The molecule has 1 atom stereocenters. The van der Waals surface area contributed by atoms with Crippen molar-refractivity contribution in [2.75, 3.05) is 0 Å². The van der Waals surface area contributed by atoms with E-state index in [2.05, 4.69) is 18.7 Å². The summed E-state index contributed by atoms with van der Waals surface area (Å²) in [7, 11) is 0. The molecule has 0 saturated heterocycles. The summed E-state index contributed by atoms with van der Waals surface area (Å²) in [6.45, 7) is 0. The topological polar surface area (TPSA) is 26.3 Å². The summed E-state index contributed by atoms with van der Waals surface area (Å²) in [5.41, 5.74) is 0. The van der Waals surface area contributed by atoms with Crippen LogP contribution in [0.5, 0.6) is 0 Å². The van der Waals surface area contributed by atoms with Gasteiger partial charge in [0.1, 0.15) is 6.10 Å². The normalized spacial score (nSPS) is 26.9. The fourth-order valence-corrected chi connectivity index (χ4v) is 1.49. The van der Waals surface area contributed by atoms with Gasteiger partial charge < -0.3 is 4.74 Å². The first-order valence-corrected chi connectivity index (χ1v) is 4.80. The van der Waals surface area contributed by atoms with E-state index in [-0.39, 0.29) is 6.10 Å². The molecular formula is C9H14O2S. The quantitative estimate of drug-likeness (QED) is 0.387. The third kappa shape index (κ3) is 3.81. The summed E-state index contributed by atoms with van der Waals surface area (Å²) in [5.74, 6) is 0. The van der Waals surface area contributed by atoms with E-state index in [4.69, 9.17) is 4.74 Å². The van der Waals surface area contributed by atoms with Crippen molar-refractivity contribution in [1.29, 1.82) is 0 Å². The van der Waals surface area contributed by atoms with Crippen LogP contribution < -0.4 is 0 Å². The molecule has 3 heteroatoms. The molecule has 1 aliphatic rings. The van der Waals surface area contributed by atoms with Gasteiger partial charge in [-0.05, 0) is 31.8 Å². The van der Waals surface area contributed by atoms with Gasteiger partial charge in [-0.2, -0.15) is 0 Å². The molecule has 0 fully saturated rings. The molecule has 0 saturated carbocycles. The highest BCUT2D eigenvalue weighted by molar-refractivity contribution is 7.96. The fraction of sp³-hybridized carbons (Fsp3) is 0.667. The monoisotopic (exact) mass is 186 g/mol. The van der Waals surface area contributed by atoms with Crippen LogP contribution in [0.1, 0.15) is 32.1 Å². The summed E-state index contributed by atoms with van der Waals surface area (Å²) < 4.78 is 4.97. The molecular weight excluding hydrogens is 172 g/mol. The van der Waals surface area contributed by atoms with Crippen molar-refractivity contribution >= 4 is 17.9 Å². The van der Waals surface area contributed by atoms with Gasteiger partial charge in [-0.25, -0.2) is 4.79 Å². The number of allylic oxidation sites excluding steroid dienone is 1. The SMILES string of the molecule is O=C(S)OC1/C=C/CCCCC1. The van der Waals surface area contributed by atoms with Crippen molar-refractivity contribution in [2.24, 2.45) is 0 Å². The third-order valence-corrected chi connectivity index (χ3v) is 2.07. The lowest BCUT2D eigenvalue weighted by Crippen LogP contribution is -2.12. The van der Waals surface area contributed by atoms with Crippen LogP contribution in [0.4, 0.5) is 4.79 Å². The first-order chi connectivity index (χ1) is 5.79. The van der Waals surface area contributed by atoms with E-state index < -0.39 is 5.30 Å². The molecule has 1 aliphatic carbocycles. The van der Waals surface area contributed by atoms with Crippen molar-refractivity contribution in [3.8, 4) is 0 Å². The van der Waals surface area contributed by atoms with Crippen LogP contribution >= 0.6 is 12.6 Å². The molecule has 0 spiro atoms. The number of rotatable bonds is 1. The molecule has 1 unspecified atom stereocenters. The van der Waals surface area contributed by atoms with Crippen molar-refractivity contribution < 1.29 is 9.53 Å². The van der Waals surface area contributed by atoms with Gasteiger partial charge in [-0.3, -0.25) is 0 Å². The Bertz CT molecular complexity index is 177. The minimum atomic E-state index is -0.481. The van der Waals surface area contributed by atoms with Crippen LogP contribution in [0, 0.1) is 0 Å². The Hall–Kier alpha value is -0.440. The zero-order chi connectivity index (χ0) is 8.81. The summed E-state index contributed by atoms with van der Waals surface area (Å²) >= 11 is 3.58. The molecule has 0 N–H and O–H groups in total. The van der Waals surface area contributed by atoms with E-state index >= 15 is 0 Å². The van der Waals surface area contributed by atoms with Crippen molar-refractivity contribution in [2.45, 2.75) is 38.2 Å². The highest BCUT2D eigenvalue weighted by Gasteiger charge is 2.09. The average Bonchev–Trinajstić information content (AvgIpc) is 1.93.